The van der Waals surface area contributed by atoms with E-state index in [1.807, 2.05) is 30.3 Å². The zero-order valence-corrected chi connectivity index (χ0v) is 11.1. The van der Waals surface area contributed by atoms with E-state index in [2.05, 4.69) is 4.99 Å². The highest BCUT2D eigenvalue weighted by atomic mass is 35.5. The number of nitro benzene ring substituents is 1. The summed E-state index contributed by atoms with van der Waals surface area (Å²) >= 11 is 5.76. The second-order valence-corrected chi connectivity index (χ2v) is 4.49. The number of halogens is 1. The summed E-state index contributed by atoms with van der Waals surface area (Å²) in [4.78, 5) is 14.1. The predicted molar refractivity (Wildman–Crippen MR) is 75.3 cm³/mol. The van der Waals surface area contributed by atoms with Gasteiger partial charge in [0.25, 0.3) is 5.69 Å². The Balaban J connectivity index is 2.23. The molecular weight excluding hydrogens is 280 g/mol. The second-order valence-electron chi connectivity index (χ2n) is 4.06. The van der Waals surface area contributed by atoms with E-state index in [1.54, 1.807) is 0 Å². The minimum Gasteiger partial charge on any atom is -0.867 e. The van der Waals surface area contributed by atoms with Crippen LogP contribution in [0.5, 0.6) is 5.75 Å². The van der Waals surface area contributed by atoms with Gasteiger partial charge in [0, 0.05) is 17.3 Å². The molecule has 2 aromatic rings. The molecule has 0 bridgehead atoms. The van der Waals surface area contributed by atoms with Crippen molar-refractivity contribution < 1.29 is 10.0 Å². The summed E-state index contributed by atoms with van der Waals surface area (Å²) in [5.74, 6) is -0.684. The average Bonchev–Trinajstić information content (AvgIpc) is 2.43. The van der Waals surface area contributed by atoms with Gasteiger partial charge in [-0.3, -0.25) is 15.1 Å². The van der Waals surface area contributed by atoms with Gasteiger partial charge in [-0.2, -0.15) is 0 Å². The van der Waals surface area contributed by atoms with Crippen LogP contribution in [0.15, 0.2) is 47.5 Å². The number of aliphatic imine (C=N–C) groups is 1. The maximum absolute atomic E-state index is 11.8. The molecule has 0 aromatic heterocycles. The van der Waals surface area contributed by atoms with Crippen LogP contribution in [0.3, 0.4) is 0 Å². The van der Waals surface area contributed by atoms with Crippen molar-refractivity contribution >= 4 is 23.5 Å². The summed E-state index contributed by atoms with van der Waals surface area (Å²) in [6.45, 7) is 0.389. The lowest BCUT2D eigenvalue weighted by molar-refractivity contribution is -0.398. The molecule has 6 heteroatoms. The zero-order valence-electron chi connectivity index (χ0n) is 10.3. The third-order valence-corrected chi connectivity index (χ3v) is 2.82. The molecule has 0 heterocycles. The summed E-state index contributed by atoms with van der Waals surface area (Å²) < 4.78 is 0. The van der Waals surface area contributed by atoms with Crippen LogP contribution in [0, 0.1) is 10.1 Å². The van der Waals surface area contributed by atoms with Gasteiger partial charge in [0.05, 0.1) is 11.5 Å². The van der Waals surface area contributed by atoms with Crippen LogP contribution in [-0.4, -0.2) is 11.1 Å². The fourth-order valence-corrected chi connectivity index (χ4v) is 1.89. The van der Waals surface area contributed by atoms with E-state index in [4.69, 9.17) is 11.6 Å². The van der Waals surface area contributed by atoms with Crippen LogP contribution in [0.25, 0.3) is 0 Å². The largest absolute Gasteiger partial charge is 0.867 e. The monoisotopic (exact) mass is 289 g/mol. The molecule has 0 aliphatic rings. The van der Waals surface area contributed by atoms with Crippen LogP contribution in [0.4, 0.5) is 5.69 Å². The molecule has 0 saturated carbocycles. The molecule has 0 fully saturated rings. The predicted octanol–water partition coefficient (Wildman–Crippen LogP) is 2.94. The molecule has 0 saturated heterocycles. The molecule has 2 rings (SSSR count). The summed E-state index contributed by atoms with van der Waals surface area (Å²) in [6, 6.07) is 11.9. The molecule has 20 heavy (non-hydrogen) atoms. The third kappa shape index (κ3) is 3.33. The molecular formula is C14H10ClN2O3-. The quantitative estimate of drug-likeness (QED) is 0.493. The normalized spacial score (nSPS) is 10.8. The van der Waals surface area contributed by atoms with Gasteiger partial charge in [0.2, 0.25) is 0 Å². The summed E-state index contributed by atoms with van der Waals surface area (Å²) in [5.41, 5.74) is 0.548. The van der Waals surface area contributed by atoms with Gasteiger partial charge in [0.1, 0.15) is 0 Å². The highest BCUT2D eigenvalue weighted by Gasteiger charge is 2.11. The second kappa shape index (κ2) is 6.16. The first-order chi connectivity index (χ1) is 9.58. The molecule has 0 atom stereocenters. The molecule has 0 spiro atoms. The highest BCUT2D eigenvalue weighted by molar-refractivity contribution is 6.31. The van der Waals surface area contributed by atoms with E-state index in [-0.39, 0.29) is 10.6 Å². The van der Waals surface area contributed by atoms with E-state index in [9.17, 15) is 15.2 Å². The third-order valence-electron chi connectivity index (χ3n) is 2.61. The van der Waals surface area contributed by atoms with Crippen molar-refractivity contribution in [2.45, 2.75) is 6.54 Å². The fourth-order valence-electron chi connectivity index (χ4n) is 1.66. The topological polar surface area (TPSA) is 78.6 Å². The Hall–Kier alpha value is -2.40. The lowest BCUT2D eigenvalue weighted by Crippen LogP contribution is -2.02. The Labute approximate surface area is 120 Å². The van der Waals surface area contributed by atoms with Crippen molar-refractivity contribution in [3.8, 4) is 5.75 Å². The van der Waals surface area contributed by atoms with Gasteiger partial charge in [-0.05, 0) is 22.9 Å². The minimum absolute atomic E-state index is 0.111. The first-order valence-corrected chi connectivity index (χ1v) is 6.14. The fraction of sp³-hybridized carbons (Fsp3) is 0.0714. The number of hydrogen-bond donors (Lipinski definition) is 0. The van der Waals surface area contributed by atoms with Crippen LogP contribution in [0.2, 0.25) is 5.02 Å². The standard InChI is InChI=1S/C14H11ClN2O3/c15-12-6-11(14(18)13(7-12)17(19)20)9-16-8-10-4-2-1-3-5-10/h1-7,9,18H,8H2/p-1. The molecule has 102 valence electrons. The van der Waals surface area contributed by atoms with Gasteiger partial charge < -0.3 is 5.11 Å². The van der Waals surface area contributed by atoms with Gasteiger partial charge in [-0.15, -0.1) is 0 Å². The Kier molecular flexibility index (Phi) is 4.32. The van der Waals surface area contributed by atoms with Gasteiger partial charge >= 0.3 is 0 Å². The van der Waals surface area contributed by atoms with Crippen LogP contribution >= 0.6 is 11.6 Å². The average molecular weight is 290 g/mol. The molecule has 2 aromatic carbocycles. The summed E-state index contributed by atoms with van der Waals surface area (Å²) in [7, 11) is 0. The SMILES string of the molecule is O=[N+]([O-])c1cc(Cl)cc(C=NCc2ccccc2)c1[O-]. The van der Waals surface area contributed by atoms with Crippen molar-refractivity contribution in [2.75, 3.05) is 0 Å². The Morgan fingerprint density at radius 1 is 1.25 bits per heavy atom. The highest BCUT2D eigenvalue weighted by Crippen LogP contribution is 2.29. The summed E-state index contributed by atoms with van der Waals surface area (Å²) in [6.07, 6.45) is 1.31. The Bertz CT molecular complexity index is 657. The van der Waals surface area contributed by atoms with Gasteiger partial charge in [-0.1, -0.05) is 41.9 Å². The first-order valence-electron chi connectivity index (χ1n) is 5.76. The van der Waals surface area contributed by atoms with Crippen LogP contribution < -0.4 is 5.11 Å². The Morgan fingerprint density at radius 2 is 1.95 bits per heavy atom. The van der Waals surface area contributed by atoms with Crippen molar-refractivity contribution in [3.05, 3.63) is 68.7 Å². The van der Waals surface area contributed by atoms with Crippen molar-refractivity contribution in [1.29, 1.82) is 0 Å². The van der Waals surface area contributed by atoms with Crippen molar-refractivity contribution in [2.24, 2.45) is 4.99 Å². The number of benzene rings is 2. The zero-order chi connectivity index (χ0) is 14.5. The number of rotatable bonds is 4. The molecule has 0 aliphatic heterocycles. The minimum atomic E-state index is -0.747. The van der Waals surface area contributed by atoms with E-state index in [0.717, 1.165) is 11.6 Å². The van der Waals surface area contributed by atoms with E-state index >= 15 is 0 Å². The molecule has 5 nitrogen and oxygen atoms in total. The van der Waals surface area contributed by atoms with Crippen LogP contribution in [0.1, 0.15) is 11.1 Å². The first kappa shape index (κ1) is 14.0. The maximum atomic E-state index is 11.8. The molecule has 0 unspecified atom stereocenters. The lowest BCUT2D eigenvalue weighted by Gasteiger charge is -2.10. The molecule has 0 radical (unpaired) electrons. The smallest absolute Gasteiger partial charge is 0.263 e. The number of hydrogen-bond acceptors (Lipinski definition) is 4. The van der Waals surface area contributed by atoms with Gasteiger partial charge in [0.15, 0.2) is 0 Å². The number of nitro groups is 1. The van der Waals surface area contributed by atoms with Crippen LogP contribution in [-0.2, 0) is 6.54 Å². The maximum Gasteiger partial charge on any atom is 0.263 e. The van der Waals surface area contributed by atoms with Gasteiger partial charge in [-0.25, -0.2) is 0 Å². The number of nitrogens with zero attached hydrogens (tertiary/aromatic N) is 2. The van der Waals surface area contributed by atoms with Crippen molar-refractivity contribution in [3.63, 3.8) is 0 Å². The Morgan fingerprint density at radius 3 is 2.60 bits per heavy atom. The molecule has 0 aliphatic carbocycles. The van der Waals surface area contributed by atoms with Crippen molar-refractivity contribution in [1.82, 2.24) is 0 Å². The molecule has 0 N–H and O–H groups in total. The molecule has 0 amide bonds. The van der Waals surface area contributed by atoms with E-state index < -0.39 is 16.4 Å². The summed E-state index contributed by atoms with van der Waals surface area (Å²) in [5, 5.41) is 22.7. The van der Waals surface area contributed by atoms with E-state index in [1.165, 1.54) is 12.3 Å². The van der Waals surface area contributed by atoms with E-state index in [0.29, 0.717) is 6.54 Å². The lowest BCUT2D eigenvalue weighted by atomic mass is 10.2.